The standard InChI is InChI=1S/2C7H8O2/c2*1-2-6-3-4-7(5-8)9-6/h2*3-5H,2H2,1H3. The van der Waals surface area contributed by atoms with Gasteiger partial charge in [-0.1, -0.05) is 13.8 Å². The second-order valence-electron chi connectivity index (χ2n) is 3.55. The van der Waals surface area contributed by atoms with Crippen molar-refractivity contribution in [2.75, 3.05) is 0 Å². The molecule has 0 saturated carbocycles. The van der Waals surface area contributed by atoms with Crippen LogP contribution < -0.4 is 0 Å². The van der Waals surface area contributed by atoms with E-state index < -0.39 is 0 Å². The molecular weight excluding hydrogens is 232 g/mol. The summed E-state index contributed by atoms with van der Waals surface area (Å²) in [6.07, 6.45) is 3.10. The Bertz CT molecular complexity index is 447. The van der Waals surface area contributed by atoms with Gasteiger partial charge in [0.1, 0.15) is 11.5 Å². The molecule has 0 unspecified atom stereocenters. The van der Waals surface area contributed by atoms with Crippen molar-refractivity contribution in [3.63, 3.8) is 0 Å². The van der Waals surface area contributed by atoms with E-state index in [0.717, 1.165) is 24.4 Å². The van der Waals surface area contributed by atoms with Crippen LogP contribution in [0.3, 0.4) is 0 Å². The molecule has 0 atom stereocenters. The molecule has 18 heavy (non-hydrogen) atoms. The molecule has 0 radical (unpaired) electrons. The van der Waals surface area contributed by atoms with Crippen LogP contribution in [0.25, 0.3) is 0 Å². The van der Waals surface area contributed by atoms with E-state index in [1.807, 2.05) is 26.0 Å². The number of hydrogen-bond donors (Lipinski definition) is 0. The van der Waals surface area contributed by atoms with E-state index in [2.05, 4.69) is 0 Å². The summed E-state index contributed by atoms with van der Waals surface area (Å²) in [6, 6.07) is 6.96. The molecule has 2 rings (SSSR count). The molecule has 0 spiro atoms. The smallest absolute Gasteiger partial charge is 0.185 e. The van der Waals surface area contributed by atoms with Crippen molar-refractivity contribution in [2.45, 2.75) is 26.7 Å². The summed E-state index contributed by atoms with van der Waals surface area (Å²) < 4.78 is 10.0. The Balaban J connectivity index is 0.000000180. The van der Waals surface area contributed by atoms with Crippen LogP contribution in [-0.2, 0) is 12.8 Å². The summed E-state index contributed by atoms with van der Waals surface area (Å²) in [5.74, 6) is 2.54. The van der Waals surface area contributed by atoms with Gasteiger partial charge in [0.25, 0.3) is 0 Å². The molecule has 0 bridgehead atoms. The van der Waals surface area contributed by atoms with Gasteiger partial charge in [0.05, 0.1) is 0 Å². The highest BCUT2D eigenvalue weighted by atomic mass is 16.3. The zero-order valence-corrected chi connectivity index (χ0v) is 10.5. The highest BCUT2D eigenvalue weighted by molar-refractivity contribution is 5.70. The minimum absolute atomic E-state index is 0.409. The monoisotopic (exact) mass is 248 g/mol. The lowest BCUT2D eigenvalue weighted by atomic mass is 10.4. The van der Waals surface area contributed by atoms with Gasteiger partial charge in [0.2, 0.25) is 0 Å². The van der Waals surface area contributed by atoms with Gasteiger partial charge in [0.15, 0.2) is 24.1 Å². The topological polar surface area (TPSA) is 60.4 Å². The molecule has 4 heteroatoms. The van der Waals surface area contributed by atoms with Gasteiger partial charge in [-0.2, -0.15) is 0 Å². The van der Waals surface area contributed by atoms with Crippen LogP contribution in [0.5, 0.6) is 0 Å². The molecule has 0 aliphatic rings. The van der Waals surface area contributed by atoms with E-state index in [-0.39, 0.29) is 0 Å². The van der Waals surface area contributed by atoms with Crippen LogP contribution in [0.4, 0.5) is 0 Å². The largest absolute Gasteiger partial charge is 0.458 e. The summed E-state index contributed by atoms with van der Waals surface area (Å²) in [4.78, 5) is 20.1. The van der Waals surface area contributed by atoms with Crippen molar-refractivity contribution in [1.29, 1.82) is 0 Å². The number of carbonyl (C=O) groups is 2. The normalized spacial score (nSPS) is 9.44. The van der Waals surface area contributed by atoms with E-state index in [4.69, 9.17) is 8.83 Å². The molecule has 0 fully saturated rings. The van der Waals surface area contributed by atoms with E-state index >= 15 is 0 Å². The lowest BCUT2D eigenvalue weighted by Crippen LogP contribution is -1.71. The fourth-order valence-electron chi connectivity index (χ4n) is 1.30. The van der Waals surface area contributed by atoms with Crippen LogP contribution >= 0.6 is 0 Å². The van der Waals surface area contributed by atoms with Gasteiger partial charge in [-0.25, -0.2) is 0 Å². The lowest BCUT2D eigenvalue weighted by molar-refractivity contribution is 0.109. The Morgan fingerprint density at radius 3 is 1.39 bits per heavy atom. The summed E-state index contributed by atoms with van der Waals surface area (Å²) >= 11 is 0. The van der Waals surface area contributed by atoms with Crippen molar-refractivity contribution in [2.24, 2.45) is 0 Å². The molecular formula is C14H16O4. The van der Waals surface area contributed by atoms with Crippen LogP contribution in [0.15, 0.2) is 33.1 Å². The summed E-state index contributed by atoms with van der Waals surface area (Å²) in [5.41, 5.74) is 0. The average molecular weight is 248 g/mol. The number of aryl methyl sites for hydroxylation is 2. The predicted octanol–water partition coefficient (Wildman–Crippen LogP) is 3.31. The van der Waals surface area contributed by atoms with Crippen molar-refractivity contribution >= 4 is 12.6 Å². The van der Waals surface area contributed by atoms with Crippen molar-refractivity contribution in [3.8, 4) is 0 Å². The second-order valence-corrected chi connectivity index (χ2v) is 3.55. The van der Waals surface area contributed by atoms with Crippen molar-refractivity contribution < 1.29 is 18.4 Å². The molecule has 96 valence electrons. The lowest BCUT2D eigenvalue weighted by Gasteiger charge is -1.82. The number of rotatable bonds is 4. The molecule has 2 aromatic heterocycles. The molecule has 0 N–H and O–H groups in total. The van der Waals surface area contributed by atoms with E-state index in [1.54, 1.807) is 12.1 Å². The molecule has 4 nitrogen and oxygen atoms in total. The van der Waals surface area contributed by atoms with E-state index in [1.165, 1.54) is 0 Å². The Morgan fingerprint density at radius 1 is 0.833 bits per heavy atom. The zero-order valence-electron chi connectivity index (χ0n) is 10.5. The van der Waals surface area contributed by atoms with Gasteiger partial charge in [-0.3, -0.25) is 9.59 Å². The molecule has 0 aromatic carbocycles. The van der Waals surface area contributed by atoms with Gasteiger partial charge in [0, 0.05) is 12.8 Å². The van der Waals surface area contributed by atoms with Crippen LogP contribution in [0.2, 0.25) is 0 Å². The maximum absolute atomic E-state index is 10.0. The minimum Gasteiger partial charge on any atom is -0.458 e. The van der Waals surface area contributed by atoms with Gasteiger partial charge >= 0.3 is 0 Å². The molecule has 0 aliphatic carbocycles. The highest BCUT2D eigenvalue weighted by Gasteiger charge is 1.96. The van der Waals surface area contributed by atoms with Gasteiger partial charge in [-0.15, -0.1) is 0 Å². The van der Waals surface area contributed by atoms with Crippen molar-refractivity contribution in [3.05, 3.63) is 47.3 Å². The fraction of sp³-hybridized carbons (Fsp3) is 0.286. The quantitative estimate of drug-likeness (QED) is 0.779. The maximum Gasteiger partial charge on any atom is 0.185 e. The Hall–Kier alpha value is -2.10. The predicted molar refractivity (Wildman–Crippen MR) is 66.9 cm³/mol. The van der Waals surface area contributed by atoms with Crippen LogP contribution in [-0.4, -0.2) is 12.6 Å². The Kier molecular flexibility index (Phi) is 5.64. The Morgan fingerprint density at radius 2 is 1.22 bits per heavy atom. The number of aldehydes is 2. The minimum atomic E-state index is 0.409. The third kappa shape index (κ3) is 4.05. The average Bonchev–Trinajstić information content (AvgIpc) is 3.07. The van der Waals surface area contributed by atoms with Crippen molar-refractivity contribution in [1.82, 2.24) is 0 Å². The van der Waals surface area contributed by atoms with Crippen LogP contribution in [0, 0.1) is 0 Å². The van der Waals surface area contributed by atoms with Gasteiger partial charge in [-0.05, 0) is 24.3 Å². The first-order valence-corrected chi connectivity index (χ1v) is 5.81. The number of carbonyl (C=O) groups excluding carboxylic acids is 2. The fourth-order valence-corrected chi connectivity index (χ4v) is 1.30. The molecule has 2 aromatic rings. The highest BCUT2D eigenvalue weighted by Crippen LogP contribution is 2.05. The summed E-state index contributed by atoms with van der Waals surface area (Å²) in [5, 5.41) is 0. The zero-order chi connectivity index (χ0) is 13.4. The van der Waals surface area contributed by atoms with Gasteiger partial charge < -0.3 is 8.83 Å². The first kappa shape index (κ1) is 14.0. The van der Waals surface area contributed by atoms with E-state index in [0.29, 0.717) is 24.1 Å². The van der Waals surface area contributed by atoms with Crippen LogP contribution in [0.1, 0.15) is 46.5 Å². The molecule has 0 saturated heterocycles. The third-order valence-electron chi connectivity index (χ3n) is 2.29. The second kappa shape index (κ2) is 7.27. The molecule has 0 amide bonds. The Labute approximate surface area is 106 Å². The molecule has 0 aliphatic heterocycles. The number of hydrogen-bond acceptors (Lipinski definition) is 4. The molecule has 2 heterocycles. The SMILES string of the molecule is CCc1ccc(C=O)o1.CCc1ccc(C=O)o1. The first-order valence-electron chi connectivity index (χ1n) is 5.81. The number of furan rings is 2. The third-order valence-corrected chi connectivity index (χ3v) is 2.29. The maximum atomic E-state index is 10.0. The summed E-state index contributed by atoms with van der Waals surface area (Å²) in [6.45, 7) is 3.96. The first-order chi connectivity index (χ1) is 8.73. The summed E-state index contributed by atoms with van der Waals surface area (Å²) in [7, 11) is 0. The van der Waals surface area contributed by atoms with E-state index in [9.17, 15) is 9.59 Å².